The van der Waals surface area contributed by atoms with Crippen LogP contribution < -0.4 is 93.6 Å². The van der Waals surface area contributed by atoms with Crippen LogP contribution in [0.5, 0.6) is 0 Å². The number of hydroxylamine groups is 2. The number of methoxy groups -OCH3 is 2. The van der Waals surface area contributed by atoms with Gasteiger partial charge < -0.3 is 18.9 Å². The van der Waals surface area contributed by atoms with E-state index in [1.54, 1.807) is 43.5 Å². The Bertz CT molecular complexity index is 2660. The number of hydrogen-bond acceptors (Lipinski definition) is 13. The summed E-state index contributed by atoms with van der Waals surface area (Å²) in [6.45, 7) is 5.32. The first-order chi connectivity index (χ1) is 30.5. The van der Waals surface area contributed by atoms with Gasteiger partial charge in [-0.25, -0.2) is 13.2 Å². The molecule has 5 rings (SSSR count). The van der Waals surface area contributed by atoms with E-state index in [1.807, 2.05) is 36.7 Å². The van der Waals surface area contributed by atoms with E-state index in [0.29, 0.717) is 79.6 Å². The van der Waals surface area contributed by atoms with Gasteiger partial charge in [-0.2, -0.15) is 21.4 Å². The number of carbonyl (C=O) groups excluding carboxylic acids is 3. The Morgan fingerprint density at radius 3 is 2.03 bits per heavy atom. The van der Waals surface area contributed by atoms with Gasteiger partial charge in [-0.15, -0.1) is 5.06 Å². The van der Waals surface area contributed by atoms with E-state index in [1.165, 1.54) is 31.4 Å². The van der Waals surface area contributed by atoms with E-state index >= 15 is 0 Å². The number of carbonyl (C=O) groups is 3. The fourth-order valence-electron chi connectivity index (χ4n) is 8.68. The van der Waals surface area contributed by atoms with Crippen molar-refractivity contribution in [2.45, 2.75) is 92.3 Å². The second kappa shape index (κ2) is 26.8. The van der Waals surface area contributed by atoms with E-state index in [2.05, 4.69) is 0 Å². The molecule has 1 fully saturated rings. The molecule has 3 N–H and O–H groups in total. The van der Waals surface area contributed by atoms with Gasteiger partial charge >= 0.3 is 94.6 Å². The largest absolute Gasteiger partial charge is 1.00 e. The van der Waals surface area contributed by atoms with E-state index in [4.69, 9.17) is 14.3 Å². The van der Waals surface area contributed by atoms with Crippen LogP contribution in [0.3, 0.4) is 0 Å². The molecule has 354 valence electrons. The van der Waals surface area contributed by atoms with Crippen molar-refractivity contribution in [1.82, 2.24) is 5.06 Å². The molecule has 2 aromatic rings. The fraction of sp³-hybridized carbons (Fsp3) is 0.455. The number of amides is 2. The first kappa shape index (κ1) is 62.4. The van der Waals surface area contributed by atoms with Crippen molar-refractivity contribution in [3.63, 3.8) is 0 Å². The average molecular weight is 1030 g/mol. The number of nitrogens with zero attached hydrogens (tertiary/aromatic N) is 2. The van der Waals surface area contributed by atoms with Crippen LogP contribution in [0, 0.1) is 0 Å². The summed E-state index contributed by atoms with van der Waals surface area (Å²) in [7, 11) is -10.5. The van der Waals surface area contributed by atoms with Gasteiger partial charge in [0.2, 0.25) is 5.69 Å². The Hall–Kier alpha value is -1.71. The summed E-state index contributed by atoms with van der Waals surface area (Å²) in [5, 5.41) is 0.522. The summed E-state index contributed by atoms with van der Waals surface area (Å²) in [4.78, 5) is 41.3. The third-order valence-corrected chi connectivity index (χ3v) is 14.5. The number of hydrogen-bond donors (Lipinski definition) is 3. The average Bonchev–Trinajstić information content (AvgIpc) is 3.76. The summed E-state index contributed by atoms with van der Waals surface area (Å²) in [5.74, 6) is -2.31. The van der Waals surface area contributed by atoms with Crippen LogP contribution >= 0.6 is 0 Å². The van der Waals surface area contributed by atoms with Crippen LogP contribution in [-0.4, -0.2) is 118 Å². The third-order valence-electron chi connectivity index (χ3n) is 12.0. The number of rotatable bonds is 23. The Morgan fingerprint density at radius 1 is 0.794 bits per heavy atom. The minimum absolute atomic E-state index is 0. The summed E-state index contributed by atoms with van der Waals surface area (Å²) in [6, 6.07) is 8.61. The number of benzene rings is 2. The van der Waals surface area contributed by atoms with Crippen molar-refractivity contribution in [2.75, 3.05) is 46.3 Å². The molecule has 0 radical (unpaired) electrons. The Labute approximate surface area is 465 Å². The van der Waals surface area contributed by atoms with Gasteiger partial charge in [-0.1, -0.05) is 30.4 Å². The van der Waals surface area contributed by atoms with Crippen molar-refractivity contribution < 1.29 is 166 Å². The zero-order chi connectivity index (χ0) is 47.8. The molecule has 3 heterocycles. The third kappa shape index (κ3) is 15.6. The van der Waals surface area contributed by atoms with Gasteiger partial charge in [0.05, 0.1) is 32.9 Å². The molecule has 3 atom stereocenters. The first-order valence-electron chi connectivity index (χ1n) is 21.0. The number of imide groups is 1. The summed E-state index contributed by atoms with van der Waals surface area (Å²) in [6.07, 6.45) is 15.0. The monoisotopic (exact) mass is 1030 g/mol. The number of allylic oxidation sites excluding steroid dienone is 8. The van der Waals surface area contributed by atoms with Crippen LogP contribution in [-0.2, 0) is 69.9 Å². The molecular weight excluding hydrogens is 976 g/mol. The molecule has 3 aliphatic rings. The normalized spacial score (nSPS) is 21.1. The molecule has 68 heavy (non-hydrogen) atoms. The summed E-state index contributed by atoms with van der Waals surface area (Å²) >= 11 is 0. The Morgan fingerprint density at radius 2 is 1.41 bits per heavy atom. The van der Waals surface area contributed by atoms with Gasteiger partial charge in [0.1, 0.15) is 28.1 Å². The topological polar surface area (TPSA) is 256 Å². The van der Waals surface area contributed by atoms with Crippen LogP contribution in [0.4, 0.5) is 11.4 Å². The second-order valence-electron chi connectivity index (χ2n) is 16.4. The van der Waals surface area contributed by atoms with Crippen molar-refractivity contribution in [3.8, 4) is 0 Å². The molecule has 0 saturated carbocycles. The van der Waals surface area contributed by atoms with Crippen LogP contribution in [0.1, 0.15) is 82.8 Å². The number of fused-ring (bicyclic) bond motifs is 2. The maximum absolute atomic E-state index is 12.4. The molecule has 24 heteroatoms. The van der Waals surface area contributed by atoms with Gasteiger partial charge in [0, 0.05) is 69.4 Å². The molecule has 2 amide bonds. The molecule has 1 saturated heterocycles. The standard InChI is InChI=1S/C44H55N3O15S3.3Na/c1-43(23-13-29-63(51,52)53)34-30-32(64(54,55)56)18-20-37(34)46(26-28-61-4)38(43)14-9-6-5-7-10-15-39-44(2,24-27-60-3)35-31-33(65(57,58)59)17-19-36(35)45(39)25-12-8-11-16-42(50)62-47-40(48)21-22-41(47)49;;;/h5-7,9-10,14-15,17-20,30-31H,8,11-13,16,21-29H2,1-4H3,(H2-,51,52,53,54,55,56,57,58,59);;;/q;3*+1/p+1. The molecule has 18 nitrogen and oxygen atoms in total. The predicted molar refractivity (Wildman–Crippen MR) is 236 cm³/mol. The molecule has 0 spiro atoms. The molecule has 3 aliphatic heterocycles. The molecule has 0 aliphatic carbocycles. The molecule has 3 unspecified atom stereocenters. The molecule has 0 aromatic heterocycles. The van der Waals surface area contributed by atoms with Crippen LogP contribution in [0.25, 0.3) is 0 Å². The fourth-order valence-corrected chi connectivity index (χ4v) is 10.2. The van der Waals surface area contributed by atoms with Crippen molar-refractivity contribution >= 4 is 65.2 Å². The number of nitrogens with one attached hydrogen (secondary N) is 1. The number of unbranched alkanes of at least 4 members (excludes halogenated alkanes) is 2. The zero-order valence-corrected chi connectivity index (χ0v) is 48.2. The zero-order valence-electron chi connectivity index (χ0n) is 39.7. The smallest absolute Gasteiger partial charge is 0.744 e. The predicted octanol–water partition coefficient (Wildman–Crippen LogP) is -5.24. The van der Waals surface area contributed by atoms with Crippen LogP contribution in [0.15, 0.2) is 94.4 Å². The van der Waals surface area contributed by atoms with Gasteiger partial charge in [-0.05, 0) is 82.7 Å². The molecular formula is C44H56N3Na3O15S3+4. The number of ether oxygens (including phenoxy) is 2. The maximum Gasteiger partial charge on any atom is 1.00 e. The summed E-state index contributed by atoms with van der Waals surface area (Å²) < 4.78 is 116. The Kier molecular flexibility index (Phi) is 24.6. The summed E-state index contributed by atoms with van der Waals surface area (Å²) in [5.41, 5.74) is 2.53. The molecule has 2 aromatic carbocycles. The van der Waals surface area contributed by atoms with Gasteiger partial charge in [0.25, 0.3) is 32.1 Å². The van der Waals surface area contributed by atoms with E-state index in [-0.39, 0.29) is 131 Å². The van der Waals surface area contributed by atoms with Crippen LogP contribution in [0.2, 0.25) is 0 Å². The van der Waals surface area contributed by atoms with E-state index < -0.39 is 64.7 Å². The van der Waals surface area contributed by atoms with Gasteiger partial charge in [-0.3, -0.25) is 23.6 Å². The van der Waals surface area contributed by atoms with Crippen molar-refractivity contribution in [3.05, 3.63) is 95.8 Å². The minimum atomic E-state index is -4.77. The Balaban J connectivity index is 0.00000529. The SMILES string of the molecule is COCC[N+]1=C(/C=C/C=C/C=C/C=C2/[NH+](CCCCCC(=O)ON3C(=O)CCC3=O)c3ccc(S(=O)(=O)[O-])cc3C2(C)CCOC)C(C)(CCCS(=O)(=O)O)c2cc(S(=O)(=O)O)ccc21.[Na+].[Na+].[Na+]. The quantitative estimate of drug-likeness (QED) is 0.0235. The van der Waals surface area contributed by atoms with Crippen molar-refractivity contribution in [1.29, 1.82) is 0 Å². The van der Waals surface area contributed by atoms with E-state index in [9.17, 15) is 53.3 Å². The second-order valence-corrected chi connectivity index (χ2v) is 20.8. The van der Waals surface area contributed by atoms with Gasteiger partial charge in [0.15, 0.2) is 12.3 Å². The number of quaternary nitrogens is 1. The maximum atomic E-state index is 12.4. The minimum Gasteiger partial charge on any atom is -0.744 e. The first-order valence-corrected chi connectivity index (χ1v) is 25.5. The van der Waals surface area contributed by atoms with E-state index in [0.717, 1.165) is 16.3 Å². The van der Waals surface area contributed by atoms with Crippen molar-refractivity contribution in [2.24, 2.45) is 0 Å². The molecule has 0 bridgehead atoms.